The first-order chi connectivity index (χ1) is 14.5. The van der Waals surface area contributed by atoms with Crippen LogP contribution in [-0.2, 0) is 6.54 Å². The molecule has 8 nitrogen and oxygen atoms in total. The molecule has 1 aromatic carbocycles. The van der Waals surface area contributed by atoms with E-state index in [9.17, 15) is 8.78 Å². The molecule has 0 amide bonds. The van der Waals surface area contributed by atoms with Gasteiger partial charge in [-0.2, -0.15) is 8.78 Å². The molecule has 1 fully saturated rings. The summed E-state index contributed by atoms with van der Waals surface area (Å²) < 4.78 is 37.4. The lowest BCUT2D eigenvalue weighted by atomic mass is 10.0. The number of halogens is 3. The van der Waals surface area contributed by atoms with E-state index >= 15 is 0 Å². The number of hydrogen-bond acceptors (Lipinski definition) is 5. The molecular formula is C20H29F2IN6O2. The SMILES string of the molecule is CN=C(NCc1nccn1C(F)F)NC1CCN(c2cc(OC)cc(OC)c2)CC1.I. The Bertz CT molecular complexity index is 834. The number of guanidine groups is 1. The molecule has 2 heterocycles. The fraction of sp³-hybridized carbons (Fsp3) is 0.500. The van der Waals surface area contributed by atoms with Crippen LogP contribution in [0.3, 0.4) is 0 Å². The molecule has 1 aliphatic rings. The minimum absolute atomic E-state index is 0. The highest BCUT2D eigenvalue weighted by Gasteiger charge is 2.21. The Labute approximate surface area is 198 Å². The van der Waals surface area contributed by atoms with Crippen molar-refractivity contribution in [1.29, 1.82) is 0 Å². The molecule has 0 unspecified atom stereocenters. The largest absolute Gasteiger partial charge is 0.497 e. The third-order valence-electron chi connectivity index (χ3n) is 5.13. The van der Waals surface area contributed by atoms with Gasteiger partial charge in [0, 0.05) is 62.5 Å². The Morgan fingerprint density at radius 1 is 1.19 bits per heavy atom. The molecular weight excluding hydrogens is 521 g/mol. The van der Waals surface area contributed by atoms with E-state index < -0.39 is 6.55 Å². The van der Waals surface area contributed by atoms with Crippen LogP contribution in [0, 0.1) is 0 Å². The van der Waals surface area contributed by atoms with Crippen molar-refractivity contribution >= 4 is 35.6 Å². The van der Waals surface area contributed by atoms with Gasteiger partial charge in [0.15, 0.2) is 5.96 Å². The molecule has 2 aromatic rings. The van der Waals surface area contributed by atoms with E-state index in [4.69, 9.17) is 9.47 Å². The number of ether oxygens (including phenoxy) is 2. The second-order valence-corrected chi connectivity index (χ2v) is 6.93. The molecule has 0 bridgehead atoms. The van der Waals surface area contributed by atoms with Crippen molar-refractivity contribution in [3.05, 3.63) is 36.4 Å². The Balaban J connectivity index is 0.00000341. The molecule has 0 aliphatic carbocycles. The number of nitrogens with one attached hydrogen (secondary N) is 2. The summed E-state index contributed by atoms with van der Waals surface area (Å²) >= 11 is 0. The Morgan fingerprint density at radius 3 is 2.39 bits per heavy atom. The van der Waals surface area contributed by atoms with E-state index in [1.165, 1.54) is 12.4 Å². The van der Waals surface area contributed by atoms with E-state index in [2.05, 4.69) is 25.5 Å². The van der Waals surface area contributed by atoms with Crippen molar-refractivity contribution in [2.24, 2.45) is 4.99 Å². The number of hydrogen-bond donors (Lipinski definition) is 2. The van der Waals surface area contributed by atoms with Crippen LogP contribution in [0.25, 0.3) is 0 Å². The van der Waals surface area contributed by atoms with Gasteiger partial charge in [0.1, 0.15) is 17.3 Å². The average Bonchev–Trinajstić information content (AvgIpc) is 3.25. The van der Waals surface area contributed by atoms with Gasteiger partial charge in [-0.3, -0.25) is 9.56 Å². The number of nitrogens with zero attached hydrogens (tertiary/aromatic N) is 4. The van der Waals surface area contributed by atoms with Crippen molar-refractivity contribution in [3.63, 3.8) is 0 Å². The molecule has 0 spiro atoms. The minimum atomic E-state index is -2.61. The minimum Gasteiger partial charge on any atom is -0.497 e. The first-order valence-electron chi connectivity index (χ1n) is 9.79. The van der Waals surface area contributed by atoms with Crippen LogP contribution < -0.4 is 25.0 Å². The zero-order valence-corrected chi connectivity index (χ0v) is 20.2. The molecule has 172 valence electrons. The fourth-order valence-electron chi connectivity index (χ4n) is 3.47. The standard InChI is InChI=1S/C20H28F2N6O2.HI/c1-23-20(25-13-18-24-6-9-28(18)19(21)22)26-14-4-7-27(8-5-14)15-10-16(29-2)12-17(11-15)30-3;/h6,9-12,14,19H,4-5,7-8,13H2,1-3H3,(H2,23,25,26);1H. The fourth-order valence-corrected chi connectivity index (χ4v) is 3.47. The quantitative estimate of drug-likeness (QED) is 0.314. The summed E-state index contributed by atoms with van der Waals surface area (Å²) in [7, 11) is 4.94. The third kappa shape index (κ3) is 6.58. The van der Waals surface area contributed by atoms with Gasteiger partial charge in [-0.1, -0.05) is 0 Å². The van der Waals surface area contributed by atoms with Crippen molar-refractivity contribution in [3.8, 4) is 11.5 Å². The van der Waals surface area contributed by atoms with Crippen LogP contribution in [0.15, 0.2) is 35.6 Å². The summed E-state index contributed by atoms with van der Waals surface area (Å²) in [6.45, 7) is -0.722. The van der Waals surface area contributed by atoms with Gasteiger partial charge in [-0.15, -0.1) is 24.0 Å². The van der Waals surface area contributed by atoms with Crippen LogP contribution >= 0.6 is 24.0 Å². The van der Waals surface area contributed by atoms with E-state index in [0.29, 0.717) is 5.96 Å². The number of piperidine rings is 1. The Morgan fingerprint density at radius 2 is 1.84 bits per heavy atom. The molecule has 1 saturated heterocycles. The number of aromatic nitrogens is 2. The normalized spacial score (nSPS) is 14.9. The summed E-state index contributed by atoms with van der Waals surface area (Å²) in [6.07, 6.45) is 4.45. The predicted molar refractivity (Wildman–Crippen MR) is 127 cm³/mol. The zero-order valence-electron chi connectivity index (χ0n) is 17.8. The summed E-state index contributed by atoms with van der Waals surface area (Å²) in [5.74, 6) is 2.35. The Kier molecular flexibility index (Phi) is 9.59. The lowest BCUT2D eigenvalue weighted by Gasteiger charge is -2.34. The van der Waals surface area contributed by atoms with E-state index in [0.717, 1.165) is 47.7 Å². The van der Waals surface area contributed by atoms with Crippen molar-refractivity contribution < 1.29 is 18.3 Å². The lowest BCUT2D eigenvalue weighted by Crippen LogP contribution is -2.48. The highest BCUT2D eigenvalue weighted by atomic mass is 127. The number of rotatable bonds is 7. The monoisotopic (exact) mass is 550 g/mol. The number of imidazole rings is 1. The maximum atomic E-state index is 12.9. The lowest BCUT2D eigenvalue weighted by molar-refractivity contribution is 0.0668. The molecule has 0 atom stereocenters. The number of aliphatic imine (C=N–C) groups is 1. The molecule has 1 aliphatic heterocycles. The van der Waals surface area contributed by atoms with Crippen LogP contribution in [-0.4, -0.2) is 55.9 Å². The molecule has 3 rings (SSSR count). The van der Waals surface area contributed by atoms with Crippen molar-refractivity contribution in [2.75, 3.05) is 39.3 Å². The van der Waals surface area contributed by atoms with Gasteiger partial charge in [0.25, 0.3) is 0 Å². The second-order valence-electron chi connectivity index (χ2n) is 6.93. The molecule has 2 N–H and O–H groups in total. The first-order valence-corrected chi connectivity index (χ1v) is 9.79. The smallest absolute Gasteiger partial charge is 0.319 e. The van der Waals surface area contributed by atoms with E-state index in [-0.39, 0.29) is 42.4 Å². The van der Waals surface area contributed by atoms with Gasteiger partial charge in [0.2, 0.25) is 0 Å². The zero-order chi connectivity index (χ0) is 21.5. The Hall–Kier alpha value is -2.31. The average molecular weight is 550 g/mol. The number of alkyl halides is 2. The summed E-state index contributed by atoms with van der Waals surface area (Å²) in [5, 5.41) is 6.44. The van der Waals surface area contributed by atoms with E-state index in [1.807, 2.05) is 18.2 Å². The van der Waals surface area contributed by atoms with Crippen LogP contribution in [0.5, 0.6) is 11.5 Å². The number of benzene rings is 1. The number of anilines is 1. The highest BCUT2D eigenvalue weighted by molar-refractivity contribution is 14.0. The highest BCUT2D eigenvalue weighted by Crippen LogP contribution is 2.30. The summed E-state index contributed by atoms with van der Waals surface area (Å²) in [6, 6.07) is 6.09. The van der Waals surface area contributed by atoms with Gasteiger partial charge >= 0.3 is 6.55 Å². The van der Waals surface area contributed by atoms with Crippen molar-refractivity contribution in [1.82, 2.24) is 20.2 Å². The van der Waals surface area contributed by atoms with Gasteiger partial charge < -0.3 is 25.0 Å². The molecule has 31 heavy (non-hydrogen) atoms. The topological polar surface area (TPSA) is 75.9 Å². The summed E-state index contributed by atoms with van der Waals surface area (Å²) in [5.41, 5.74) is 1.06. The molecule has 0 saturated carbocycles. The van der Waals surface area contributed by atoms with Crippen molar-refractivity contribution in [2.45, 2.75) is 32.0 Å². The maximum absolute atomic E-state index is 12.9. The maximum Gasteiger partial charge on any atom is 0.319 e. The van der Waals surface area contributed by atoms with Gasteiger partial charge in [0.05, 0.1) is 20.8 Å². The first kappa shape index (κ1) is 25.0. The van der Waals surface area contributed by atoms with E-state index in [1.54, 1.807) is 21.3 Å². The molecule has 0 radical (unpaired) electrons. The van der Waals surface area contributed by atoms with Crippen LogP contribution in [0.4, 0.5) is 14.5 Å². The predicted octanol–water partition coefficient (Wildman–Crippen LogP) is 3.25. The van der Waals surface area contributed by atoms with Crippen LogP contribution in [0.1, 0.15) is 25.2 Å². The second kappa shape index (κ2) is 11.9. The van der Waals surface area contributed by atoms with Crippen LogP contribution in [0.2, 0.25) is 0 Å². The van der Waals surface area contributed by atoms with Gasteiger partial charge in [-0.25, -0.2) is 4.98 Å². The molecule has 1 aromatic heterocycles. The van der Waals surface area contributed by atoms with Gasteiger partial charge in [-0.05, 0) is 12.8 Å². The third-order valence-corrected chi connectivity index (χ3v) is 5.13. The summed E-state index contributed by atoms with van der Waals surface area (Å²) in [4.78, 5) is 10.5. The number of methoxy groups -OCH3 is 2. The molecule has 11 heteroatoms.